The molecular weight excluding hydrogens is 272 g/mol. The van der Waals surface area contributed by atoms with Gasteiger partial charge in [-0.3, -0.25) is 4.79 Å². The summed E-state index contributed by atoms with van der Waals surface area (Å²) in [5.41, 5.74) is 1.61. The van der Waals surface area contributed by atoms with Gasteiger partial charge in [-0.15, -0.1) is 11.3 Å². The van der Waals surface area contributed by atoms with Crippen LogP contribution in [0, 0.1) is 13.8 Å². The zero-order valence-corrected chi connectivity index (χ0v) is 12.0. The van der Waals surface area contributed by atoms with Crippen LogP contribution in [0.3, 0.4) is 0 Å². The zero-order chi connectivity index (χ0) is 14.7. The largest absolute Gasteiger partial charge is 0.545 e. The second-order valence-electron chi connectivity index (χ2n) is 4.43. The Hall–Kier alpha value is -2.20. The molecular formula is C16H13O3S-. The van der Waals surface area contributed by atoms with Crippen molar-refractivity contribution in [1.82, 2.24) is 0 Å². The molecule has 0 aliphatic heterocycles. The van der Waals surface area contributed by atoms with E-state index in [2.05, 4.69) is 0 Å². The fourth-order valence-electron chi connectivity index (χ4n) is 1.87. The molecule has 2 aromatic rings. The minimum atomic E-state index is -1.21. The first kappa shape index (κ1) is 14.2. The molecule has 2 rings (SSSR count). The molecule has 0 aliphatic rings. The topological polar surface area (TPSA) is 57.2 Å². The van der Waals surface area contributed by atoms with Crippen LogP contribution >= 0.6 is 11.3 Å². The molecule has 0 bridgehead atoms. The SMILES string of the molecule is Cc1cc(C(=O)/C=C/c2ccc(C(=O)[O-])cc2)c(C)s1. The van der Waals surface area contributed by atoms with Gasteiger partial charge in [-0.05, 0) is 37.1 Å². The third-order valence-electron chi connectivity index (χ3n) is 2.88. The van der Waals surface area contributed by atoms with Crippen molar-refractivity contribution in [1.29, 1.82) is 0 Å². The Bertz CT molecular complexity index is 678. The number of aromatic carboxylic acids is 1. The Labute approximate surface area is 121 Å². The molecule has 0 aliphatic carbocycles. The quantitative estimate of drug-likeness (QED) is 0.641. The zero-order valence-electron chi connectivity index (χ0n) is 11.2. The average Bonchev–Trinajstić information content (AvgIpc) is 2.75. The van der Waals surface area contributed by atoms with Gasteiger partial charge in [-0.2, -0.15) is 0 Å². The normalized spacial score (nSPS) is 10.9. The Morgan fingerprint density at radius 1 is 1.15 bits per heavy atom. The number of carbonyl (C=O) groups excluding carboxylic acids is 2. The van der Waals surface area contributed by atoms with E-state index in [9.17, 15) is 14.7 Å². The monoisotopic (exact) mass is 285 g/mol. The van der Waals surface area contributed by atoms with Gasteiger partial charge in [0.15, 0.2) is 5.78 Å². The molecule has 0 saturated carbocycles. The maximum absolute atomic E-state index is 12.0. The van der Waals surface area contributed by atoms with Gasteiger partial charge in [0.25, 0.3) is 0 Å². The van der Waals surface area contributed by atoms with Crippen molar-refractivity contribution in [2.45, 2.75) is 13.8 Å². The lowest BCUT2D eigenvalue weighted by Gasteiger charge is -2.01. The third-order valence-corrected chi connectivity index (χ3v) is 3.85. The maximum Gasteiger partial charge on any atom is 0.186 e. The Morgan fingerprint density at radius 2 is 1.80 bits per heavy atom. The van der Waals surface area contributed by atoms with E-state index in [0.717, 1.165) is 20.9 Å². The minimum absolute atomic E-state index is 0.0455. The number of allylic oxidation sites excluding steroid dienone is 1. The van der Waals surface area contributed by atoms with Crippen molar-refractivity contribution < 1.29 is 14.7 Å². The van der Waals surface area contributed by atoms with Gasteiger partial charge >= 0.3 is 0 Å². The van der Waals surface area contributed by atoms with E-state index >= 15 is 0 Å². The molecule has 1 aromatic heterocycles. The molecule has 102 valence electrons. The molecule has 0 radical (unpaired) electrons. The summed E-state index contributed by atoms with van der Waals surface area (Å²) in [5, 5.41) is 10.6. The fraction of sp³-hybridized carbons (Fsp3) is 0.125. The maximum atomic E-state index is 12.0. The summed E-state index contributed by atoms with van der Waals surface area (Å²) in [6.45, 7) is 3.89. The van der Waals surface area contributed by atoms with E-state index in [-0.39, 0.29) is 11.3 Å². The van der Waals surface area contributed by atoms with Crippen molar-refractivity contribution >= 4 is 29.2 Å². The van der Waals surface area contributed by atoms with Gasteiger partial charge in [0.1, 0.15) is 0 Å². The molecule has 4 heteroatoms. The van der Waals surface area contributed by atoms with E-state index in [4.69, 9.17) is 0 Å². The van der Waals surface area contributed by atoms with Gasteiger partial charge in [-0.25, -0.2) is 0 Å². The lowest BCUT2D eigenvalue weighted by molar-refractivity contribution is -0.255. The van der Waals surface area contributed by atoms with E-state index < -0.39 is 5.97 Å². The lowest BCUT2D eigenvalue weighted by Crippen LogP contribution is -2.21. The first-order valence-corrected chi connectivity index (χ1v) is 6.90. The van der Waals surface area contributed by atoms with Crippen molar-refractivity contribution in [2.24, 2.45) is 0 Å². The highest BCUT2D eigenvalue weighted by Crippen LogP contribution is 2.21. The van der Waals surface area contributed by atoms with Crippen molar-refractivity contribution in [3.8, 4) is 0 Å². The van der Waals surface area contributed by atoms with Crippen LogP contribution in [0.5, 0.6) is 0 Å². The predicted molar refractivity (Wildman–Crippen MR) is 77.9 cm³/mol. The number of rotatable bonds is 4. The van der Waals surface area contributed by atoms with Crippen LogP contribution in [-0.2, 0) is 0 Å². The molecule has 1 aromatic carbocycles. The van der Waals surface area contributed by atoms with Gasteiger partial charge in [0, 0.05) is 15.3 Å². The number of carboxylic acid groups (broad SMARTS) is 1. The number of thiophene rings is 1. The van der Waals surface area contributed by atoms with Gasteiger partial charge < -0.3 is 9.90 Å². The van der Waals surface area contributed by atoms with Crippen LogP contribution in [0.15, 0.2) is 36.4 Å². The number of carbonyl (C=O) groups is 2. The number of benzene rings is 1. The highest BCUT2D eigenvalue weighted by molar-refractivity contribution is 7.12. The molecule has 0 fully saturated rings. The van der Waals surface area contributed by atoms with Crippen LogP contribution in [-0.4, -0.2) is 11.8 Å². The highest BCUT2D eigenvalue weighted by atomic mass is 32.1. The summed E-state index contributed by atoms with van der Waals surface area (Å²) in [6, 6.07) is 8.08. The first-order chi connectivity index (χ1) is 9.47. The van der Waals surface area contributed by atoms with Gasteiger partial charge in [-0.1, -0.05) is 30.3 Å². The molecule has 1 heterocycles. The summed E-state index contributed by atoms with van der Waals surface area (Å²) in [7, 11) is 0. The number of ketones is 1. The fourth-order valence-corrected chi connectivity index (χ4v) is 2.80. The molecule has 0 saturated heterocycles. The molecule has 0 spiro atoms. The van der Waals surface area contributed by atoms with E-state index in [1.165, 1.54) is 18.2 Å². The number of carboxylic acids is 1. The summed E-state index contributed by atoms with van der Waals surface area (Å²) >= 11 is 1.60. The lowest BCUT2D eigenvalue weighted by atomic mass is 10.1. The van der Waals surface area contributed by atoms with Crippen LogP contribution in [0.25, 0.3) is 6.08 Å². The highest BCUT2D eigenvalue weighted by Gasteiger charge is 2.08. The molecule has 0 amide bonds. The Balaban J connectivity index is 2.15. The predicted octanol–water partition coefficient (Wildman–Crippen LogP) is 2.62. The Morgan fingerprint density at radius 3 is 2.30 bits per heavy atom. The van der Waals surface area contributed by atoms with Gasteiger partial charge in [0.2, 0.25) is 0 Å². The molecule has 0 N–H and O–H groups in total. The van der Waals surface area contributed by atoms with Crippen molar-refractivity contribution in [3.63, 3.8) is 0 Å². The average molecular weight is 285 g/mol. The van der Waals surface area contributed by atoms with Gasteiger partial charge in [0.05, 0.1) is 5.97 Å². The van der Waals surface area contributed by atoms with Crippen LogP contribution in [0.1, 0.15) is 36.0 Å². The van der Waals surface area contributed by atoms with E-state index in [1.807, 2.05) is 19.9 Å². The minimum Gasteiger partial charge on any atom is -0.545 e. The molecule has 0 atom stereocenters. The van der Waals surface area contributed by atoms with Crippen LogP contribution in [0.4, 0.5) is 0 Å². The molecule has 20 heavy (non-hydrogen) atoms. The number of hydrogen-bond acceptors (Lipinski definition) is 4. The van der Waals surface area contributed by atoms with E-state index in [1.54, 1.807) is 29.5 Å². The Kier molecular flexibility index (Phi) is 4.15. The second-order valence-corrected chi connectivity index (χ2v) is 5.89. The summed E-state index contributed by atoms with van der Waals surface area (Å²) in [5.74, 6) is -1.25. The molecule has 0 unspecified atom stereocenters. The molecule has 3 nitrogen and oxygen atoms in total. The van der Waals surface area contributed by atoms with Crippen molar-refractivity contribution in [3.05, 3.63) is 62.9 Å². The number of hydrogen-bond donors (Lipinski definition) is 0. The van der Waals surface area contributed by atoms with E-state index in [0.29, 0.717) is 0 Å². The summed E-state index contributed by atoms with van der Waals surface area (Å²) in [4.78, 5) is 24.8. The third kappa shape index (κ3) is 3.22. The first-order valence-electron chi connectivity index (χ1n) is 6.08. The number of aryl methyl sites for hydroxylation is 2. The van der Waals surface area contributed by atoms with Crippen LogP contribution in [0.2, 0.25) is 0 Å². The standard InChI is InChI=1S/C16H14O3S/c1-10-9-14(11(2)20-10)15(17)8-5-12-3-6-13(7-4-12)16(18)19/h3-9H,1-2H3,(H,18,19)/p-1/b8-5+. The second kappa shape index (κ2) is 5.84. The van der Waals surface area contributed by atoms with Crippen LogP contribution < -0.4 is 5.11 Å². The summed E-state index contributed by atoms with van der Waals surface area (Å²) in [6.07, 6.45) is 3.18. The van der Waals surface area contributed by atoms with Crippen molar-refractivity contribution in [2.75, 3.05) is 0 Å². The smallest absolute Gasteiger partial charge is 0.186 e. The summed E-state index contributed by atoms with van der Waals surface area (Å²) < 4.78 is 0.